The average molecular weight is 207 g/mol. The van der Waals surface area contributed by atoms with Crippen molar-refractivity contribution in [2.24, 2.45) is 5.73 Å². The van der Waals surface area contributed by atoms with Crippen LogP contribution < -0.4 is 5.73 Å². The molecule has 0 amide bonds. The molecule has 0 aliphatic rings. The Hall–Kier alpha value is -1.35. The van der Waals surface area contributed by atoms with E-state index < -0.39 is 0 Å². The van der Waals surface area contributed by atoms with Crippen molar-refractivity contribution in [3.05, 3.63) is 34.9 Å². The van der Waals surface area contributed by atoms with E-state index in [9.17, 15) is 4.79 Å². The van der Waals surface area contributed by atoms with Gasteiger partial charge in [-0.1, -0.05) is 12.1 Å². The second-order valence-corrected chi connectivity index (χ2v) is 3.81. The van der Waals surface area contributed by atoms with E-state index in [1.165, 1.54) is 0 Å². The predicted octanol–water partition coefficient (Wildman–Crippen LogP) is 2.02. The van der Waals surface area contributed by atoms with Crippen LogP contribution in [0, 0.1) is 6.92 Å². The number of esters is 1. The highest BCUT2D eigenvalue weighted by molar-refractivity contribution is 5.91. The molecule has 0 aliphatic heterocycles. The molecule has 0 aliphatic carbocycles. The summed E-state index contributed by atoms with van der Waals surface area (Å²) in [6.07, 6.45) is -0.0916. The molecule has 1 rings (SSSR count). The summed E-state index contributed by atoms with van der Waals surface area (Å²) >= 11 is 0. The van der Waals surface area contributed by atoms with Gasteiger partial charge in [-0.05, 0) is 38.0 Å². The highest BCUT2D eigenvalue weighted by Gasteiger charge is 2.11. The number of benzene rings is 1. The van der Waals surface area contributed by atoms with Crippen molar-refractivity contribution in [2.75, 3.05) is 0 Å². The first kappa shape index (κ1) is 11.7. The minimum absolute atomic E-state index is 0.0916. The van der Waals surface area contributed by atoms with Gasteiger partial charge in [-0.25, -0.2) is 4.79 Å². The van der Waals surface area contributed by atoms with Crippen LogP contribution in [0.5, 0.6) is 0 Å². The van der Waals surface area contributed by atoms with Gasteiger partial charge in [0.15, 0.2) is 0 Å². The first-order valence-electron chi connectivity index (χ1n) is 5.05. The predicted molar refractivity (Wildman–Crippen MR) is 59.6 cm³/mol. The number of rotatable bonds is 3. The molecule has 0 radical (unpaired) electrons. The van der Waals surface area contributed by atoms with Crippen molar-refractivity contribution in [2.45, 2.75) is 33.4 Å². The van der Waals surface area contributed by atoms with E-state index in [2.05, 4.69) is 0 Å². The van der Waals surface area contributed by atoms with E-state index in [0.29, 0.717) is 12.1 Å². The Labute approximate surface area is 90.2 Å². The highest BCUT2D eigenvalue weighted by atomic mass is 16.5. The maximum Gasteiger partial charge on any atom is 0.338 e. The maximum absolute atomic E-state index is 11.6. The molecule has 0 saturated heterocycles. The number of hydrogen-bond acceptors (Lipinski definition) is 3. The summed E-state index contributed by atoms with van der Waals surface area (Å²) in [6, 6.07) is 5.53. The molecule has 0 aromatic heterocycles. The van der Waals surface area contributed by atoms with Crippen LogP contribution in [0.3, 0.4) is 0 Å². The Kier molecular flexibility index (Phi) is 3.86. The molecule has 15 heavy (non-hydrogen) atoms. The van der Waals surface area contributed by atoms with E-state index in [1.54, 1.807) is 6.07 Å². The van der Waals surface area contributed by atoms with Gasteiger partial charge in [0, 0.05) is 6.54 Å². The molecular formula is C12H17NO2. The largest absolute Gasteiger partial charge is 0.459 e. The van der Waals surface area contributed by atoms with Crippen LogP contribution in [0.1, 0.15) is 35.3 Å². The zero-order chi connectivity index (χ0) is 11.4. The zero-order valence-electron chi connectivity index (χ0n) is 9.41. The maximum atomic E-state index is 11.6. The number of nitrogens with two attached hydrogens (primary N) is 1. The van der Waals surface area contributed by atoms with Gasteiger partial charge in [-0.15, -0.1) is 0 Å². The molecule has 82 valence electrons. The molecule has 3 nitrogen and oxygen atoms in total. The van der Waals surface area contributed by atoms with Gasteiger partial charge in [0.1, 0.15) is 0 Å². The summed E-state index contributed by atoms with van der Waals surface area (Å²) in [5.41, 5.74) is 8.05. The molecule has 1 aromatic rings. The van der Waals surface area contributed by atoms with Crippen LogP contribution in [-0.4, -0.2) is 12.1 Å². The molecule has 0 fully saturated rings. The second kappa shape index (κ2) is 4.94. The molecule has 0 atom stereocenters. The van der Waals surface area contributed by atoms with Crippen molar-refractivity contribution < 1.29 is 9.53 Å². The first-order valence-corrected chi connectivity index (χ1v) is 5.05. The summed E-state index contributed by atoms with van der Waals surface area (Å²) in [5.74, 6) is -0.272. The van der Waals surface area contributed by atoms with Gasteiger partial charge in [0.05, 0.1) is 11.7 Å². The lowest BCUT2D eigenvalue weighted by Crippen LogP contribution is -2.13. The summed E-state index contributed by atoms with van der Waals surface area (Å²) in [6.45, 7) is 6.04. The smallest absolute Gasteiger partial charge is 0.338 e. The summed E-state index contributed by atoms with van der Waals surface area (Å²) in [7, 11) is 0. The number of carbonyl (C=O) groups excluding carboxylic acids is 1. The van der Waals surface area contributed by atoms with Crippen molar-refractivity contribution in [1.29, 1.82) is 0 Å². The van der Waals surface area contributed by atoms with Crippen LogP contribution in [0.2, 0.25) is 0 Å². The number of hydrogen-bond donors (Lipinski definition) is 1. The summed E-state index contributed by atoms with van der Waals surface area (Å²) < 4.78 is 5.12. The molecule has 0 saturated carbocycles. The van der Waals surface area contributed by atoms with Gasteiger partial charge in [-0.2, -0.15) is 0 Å². The van der Waals surface area contributed by atoms with Crippen molar-refractivity contribution in [3.63, 3.8) is 0 Å². The van der Waals surface area contributed by atoms with Gasteiger partial charge >= 0.3 is 5.97 Å². The number of aryl methyl sites for hydroxylation is 1. The van der Waals surface area contributed by atoms with E-state index in [1.807, 2.05) is 32.9 Å². The third-order valence-corrected chi connectivity index (χ3v) is 2.09. The summed E-state index contributed by atoms with van der Waals surface area (Å²) in [5, 5.41) is 0. The van der Waals surface area contributed by atoms with Crippen LogP contribution in [0.4, 0.5) is 0 Å². The average Bonchev–Trinajstić information content (AvgIpc) is 2.16. The Bertz CT molecular complexity index is 359. The fourth-order valence-electron chi connectivity index (χ4n) is 1.36. The van der Waals surface area contributed by atoms with Crippen LogP contribution >= 0.6 is 0 Å². The molecule has 2 N–H and O–H groups in total. The Balaban J connectivity index is 2.90. The molecule has 1 aromatic carbocycles. The highest BCUT2D eigenvalue weighted by Crippen LogP contribution is 2.12. The van der Waals surface area contributed by atoms with Gasteiger partial charge in [0.25, 0.3) is 0 Å². The lowest BCUT2D eigenvalue weighted by atomic mass is 10.1. The van der Waals surface area contributed by atoms with Crippen molar-refractivity contribution >= 4 is 5.97 Å². The van der Waals surface area contributed by atoms with E-state index in [-0.39, 0.29) is 12.1 Å². The Morgan fingerprint density at radius 1 is 1.47 bits per heavy atom. The minimum atomic E-state index is -0.272. The third-order valence-electron chi connectivity index (χ3n) is 2.09. The van der Waals surface area contributed by atoms with Crippen LogP contribution in [0.25, 0.3) is 0 Å². The SMILES string of the molecule is Cc1cc(CN)ccc1C(=O)OC(C)C. The third kappa shape index (κ3) is 3.06. The van der Waals surface area contributed by atoms with E-state index in [0.717, 1.165) is 11.1 Å². The molecule has 0 heterocycles. The Morgan fingerprint density at radius 2 is 2.13 bits per heavy atom. The topological polar surface area (TPSA) is 52.3 Å². The first-order chi connectivity index (χ1) is 7.04. The molecular weight excluding hydrogens is 190 g/mol. The van der Waals surface area contributed by atoms with Crippen LogP contribution in [-0.2, 0) is 11.3 Å². The number of carbonyl (C=O) groups is 1. The van der Waals surface area contributed by atoms with Gasteiger partial charge in [-0.3, -0.25) is 0 Å². The zero-order valence-corrected chi connectivity index (χ0v) is 9.41. The molecule has 3 heteroatoms. The lowest BCUT2D eigenvalue weighted by molar-refractivity contribution is 0.0377. The fourth-order valence-corrected chi connectivity index (χ4v) is 1.36. The van der Waals surface area contributed by atoms with E-state index >= 15 is 0 Å². The molecule has 0 bridgehead atoms. The van der Waals surface area contributed by atoms with Crippen molar-refractivity contribution in [3.8, 4) is 0 Å². The standard InChI is InChI=1S/C12H17NO2/c1-8(2)15-12(14)11-5-4-10(7-13)6-9(11)3/h4-6,8H,7,13H2,1-3H3. The minimum Gasteiger partial charge on any atom is -0.459 e. The van der Waals surface area contributed by atoms with Gasteiger partial charge < -0.3 is 10.5 Å². The monoisotopic (exact) mass is 207 g/mol. The quantitative estimate of drug-likeness (QED) is 0.771. The summed E-state index contributed by atoms with van der Waals surface area (Å²) in [4.78, 5) is 11.6. The van der Waals surface area contributed by atoms with Crippen molar-refractivity contribution in [1.82, 2.24) is 0 Å². The van der Waals surface area contributed by atoms with E-state index in [4.69, 9.17) is 10.5 Å². The Morgan fingerprint density at radius 3 is 2.60 bits per heavy atom. The normalized spacial score (nSPS) is 10.5. The number of ether oxygens (including phenoxy) is 1. The van der Waals surface area contributed by atoms with Crippen LogP contribution in [0.15, 0.2) is 18.2 Å². The fraction of sp³-hybridized carbons (Fsp3) is 0.417. The second-order valence-electron chi connectivity index (χ2n) is 3.81. The lowest BCUT2D eigenvalue weighted by Gasteiger charge is -2.10. The van der Waals surface area contributed by atoms with Gasteiger partial charge in [0.2, 0.25) is 0 Å². The molecule has 0 spiro atoms. The molecule has 0 unspecified atom stereocenters.